The number of piperidine rings is 2. The molecule has 23 heavy (non-hydrogen) atoms. The van der Waals surface area contributed by atoms with E-state index in [0.717, 1.165) is 23.6 Å². The molecule has 1 saturated carbocycles. The molecule has 3 nitrogen and oxygen atoms in total. The summed E-state index contributed by atoms with van der Waals surface area (Å²) < 4.78 is 5.55. The molecular formula is C20H28N2O. The first-order valence-electron chi connectivity index (χ1n) is 9.42. The molecular weight excluding hydrogens is 284 g/mol. The Balaban J connectivity index is 1.57. The first kappa shape index (κ1) is 14.3. The molecule has 2 aliphatic carbocycles. The molecule has 1 aromatic rings. The smallest absolute Gasteiger partial charge is 0.119 e. The lowest BCUT2D eigenvalue weighted by Crippen LogP contribution is -2.65. The summed E-state index contributed by atoms with van der Waals surface area (Å²) in [5, 5.41) is 3.70. The lowest BCUT2D eigenvalue weighted by atomic mass is 9.54. The Labute approximate surface area is 139 Å². The average Bonchev–Trinajstić information content (AvgIpc) is 3.41. The minimum Gasteiger partial charge on any atom is -0.497 e. The second kappa shape index (κ2) is 5.22. The molecule has 4 aliphatic rings. The van der Waals surface area contributed by atoms with Gasteiger partial charge in [-0.05, 0) is 80.3 Å². The SMILES string of the molecule is COc1ccc2c(c1)[C@@]13CCNCC1C(C2)N(CC1CC1)CC3. The molecule has 1 N–H and O–H groups in total. The number of likely N-dealkylation sites (tertiary alicyclic amines) is 1. The molecule has 3 fully saturated rings. The fraction of sp³-hybridized carbons (Fsp3) is 0.700. The van der Waals surface area contributed by atoms with E-state index in [1.54, 1.807) is 18.2 Å². The van der Waals surface area contributed by atoms with Crippen molar-refractivity contribution in [1.82, 2.24) is 10.2 Å². The van der Waals surface area contributed by atoms with Crippen LogP contribution in [0.4, 0.5) is 0 Å². The predicted molar refractivity (Wildman–Crippen MR) is 92.1 cm³/mol. The van der Waals surface area contributed by atoms with E-state index in [4.69, 9.17) is 4.74 Å². The highest BCUT2D eigenvalue weighted by Crippen LogP contribution is 2.53. The van der Waals surface area contributed by atoms with Gasteiger partial charge in [0.05, 0.1) is 7.11 Å². The number of rotatable bonds is 3. The largest absolute Gasteiger partial charge is 0.497 e. The first-order valence-corrected chi connectivity index (χ1v) is 9.42. The zero-order valence-corrected chi connectivity index (χ0v) is 14.2. The Morgan fingerprint density at radius 1 is 1.30 bits per heavy atom. The van der Waals surface area contributed by atoms with Crippen LogP contribution in [0.3, 0.4) is 0 Å². The molecule has 5 rings (SSSR count). The maximum atomic E-state index is 5.55. The summed E-state index contributed by atoms with van der Waals surface area (Å²) in [6, 6.07) is 7.62. The standard InChI is InChI=1S/C20H28N2O/c1-23-16-5-4-15-10-19-18-12-21-8-6-20(18,17(15)11-16)7-9-22(19)13-14-2-3-14/h4-5,11,14,18-19,21H,2-3,6-10,12-13H2,1H3/t18?,19?,20-/m0/s1. The molecule has 0 aromatic heterocycles. The van der Waals surface area contributed by atoms with Crippen LogP contribution in [-0.4, -0.2) is 44.2 Å². The van der Waals surface area contributed by atoms with Gasteiger partial charge in [-0.3, -0.25) is 4.90 Å². The topological polar surface area (TPSA) is 24.5 Å². The summed E-state index contributed by atoms with van der Waals surface area (Å²) in [6.45, 7) is 5.02. The van der Waals surface area contributed by atoms with Gasteiger partial charge in [-0.1, -0.05) is 6.07 Å². The molecule has 2 aliphatic heterocycles. The molecule has 2 saturated heterocycles. The summed E-state index contributed by atoms with van der Waals surface area (Å²) in [5.74, 6) is 2.81. The van der Waals surface area contributed by atoms with Crippen LogP contribution in [0, 0.1) is 11.8 Å². The predicted octanol–water partition coefficient (Wildman–Crippen LogP) is 2.58. The Bertz CT molecular complexity index is 612. The second-order valence-corrected chi connectivity index (χ2v) is 8.20. The van der Waals surface area contributed by atoms with Crippen LogP contribution < -0.4 is 10.1 Å². The summed E-state index contributed by atoms with van der Waals surface area (Å²) in [4.78, 5) is 2.85. The highest BCUT2D eigenvalue weighted by Gasteiger charge is 2.54. The van der Waals surface area contributed by atoms with Crippen LogP contribution >= 0.6 is 0 Å². The summed E-state index contributed by atoms with van der Waals surface area (Å²) in [5.41, 5.74) is 3.61. The van der Waals surface area contributed by atoms with Crippen molar-refractivity contribution >= 4 is 0 Å². The maximum absolute atomic E-state index is 5.55. The number of hydrogen-bond acceptors (Lipinski definition) is 3. The number of nitrogens with one attached hydrogen (secondary N) is 1. The molecule has 0 radical (unpaired) electrons. The lowest BCUT2D eigenvalue weighted by molar-refractivity contribution is -0.00557. The molecule has 0 amide bonds. The van der Waals surface area contributed by atoms with Crippen molar-refractivity contribution in [3.05, 3.63) is 29.3 Å². The van der Waals surface area contributed by atoms with E-state index in [-0.39, 0.29) is 0 Å². The summed E-state index contributed by atoms with van der Waals surface area (Å²) in [6.07, 6.45) is 6.80. The van der Waals surface area contributed by atoms with Crippen molar-refractivity contribution in [1.29, 1.82) is 0 Å². The highest BCUT2D eigenvalue weighted by atomic mass is 16.5. The van der Waals surface area contributed by atoms with Crippen LogP contribution in [0.2, 0.25) is 0 Å². The van der Waals surface area contributed by atoms with E-state index < -0.39 is 0 Å². The third-order valence-electron chi connectivity index (χ3n) is 7.07. The van der Waals surface area contributed by atoms with Crippen LogP contribution in [0.1, 0.15) is 36.8 Å². The molecule has 3 heteroatoms. The summed E-state index contributed by atoms with van der Waals surface area (Å²) in [7, 11) is 1.79. The van der Waals surface area contributed by atoms with Gasteiger partial charge in [0.2, 0.25) is 0 Å². The molecule has 2 unspecified atom stereocenters. The van der Waals surface area contributed by atoms with Crippen molar-refractivity contribution in [3.8, 4) is 5.75 Å². The Morgan fingerprint density at radius 3 is 3.04 bits per heavy atom. The quantitative estimate of drug-likeness (QED) is 0.928. The van der Waals surface area contributed by atoms with Gasteiger partial charge >= 0.3 is 0 Å². The molecule has 3 atom stereocenters. The zero-order valence-electron chi connectivity index (χ0n) is 14.2. The van der Waals surface area contributed by atoms with E-state index in [2.05, 4.69) is 28.4 Å². The van der Waals surface area contributed by atoms with Crippen molar-refractivity contribution in [2.75, 3.05) is 33.3 Å². The minimum absolute atomic E-state index is 0.401. The number of nitrogens with zero attached hydrogens (tertiary/aromatic N) is 1. The van der Waals surface area contributed by atoms with Crippen molar-refractivity contribution in [2.24, 2.45) is 11.8 Å². The van der Waals surface area contributed by atoms with Gasteiger partial charge in [0.1, 0.15) is 5.75 Å². The Kier molecular flexibility index (Phi) is 3.24. The fourth-order valence-electron chi connectivity index (χ4n) is 5.68. The molecule has 2 heterocycles. The fourth-order valence-corrected chi connectivity index (χ4v) is 5.68. The van der Waals surface area contributed by atoms with Crippen LogP contribution in [0.5, 0.6) is 5.75 Å². The minimum atomic E-state index is 0.401. The average molecular weight is 312 g/mol. The van der Waals surface area contributed by atoms with E-state index in [1.165, 1.54) is 58.3 Å². The molecule has 124 valence electrons. The lowest BCUT2D eigenvalue weighted by Gasteiger charge is -2.59. The number of fused-ring (bicyclic) bond motifs is 1. The number of methoxy groups -OCH3 is 1. The van der Waals surface area contributed by atoms with Gasteiger partial charge in [0, 0.05) is 24.5 Å². The molecule has 1 aromatic carbocycles. The van der Waals surface area contributed by atoms with E-state index in [9.17, 15) is 0 Å². The van der Waals surface area contributed by atoms with Crippen molar-refractivity contribution in [3.63, 3.8) is 0 Å². The Morgan fingerprint density at radius 2 is 2.22 bits per heavy atom. The van der Waals surface area contributed by atoms with Crippen molar-refractivity contribution < 1.29 is 4.74 Å². The monoisotopic (exact) mass is 312 g/mol. The second-order valence-electron chi connectivity index (χ2n) is 8.20. The van der Waals surface area contributed by atoms with Gasteiger partial charge < -0.3 is 10.1 Å². The van der Waals surface area contributed by atoms with Crippen LogP contribution in [-0.2, 0) is 11.8 Å². The van der Waals surface area contributed by atoms with Gasteiger partial charge in [-0.2, -0.15) is 0 Å². The highest BCUT2D eigenvalue weighted by molar-refractivity contribution is 5.45. The number of hydrogen-bond donors (Lipinski definition) is 1. The van der Waals surface area contributed by atoms with Crippen molar-refractivity contribution in [2.45, 2.75) is 43.6 Å². The van der Waals surface area contributed by atoms with Gasteiger partial charge in [0.25, 0.3) is 0 Å². The Hall–Kier alpha value is -1.06. The van der Waals surface area contributed by atoms with E-state index in [1.807, 2.05) is 0 Å². The normalized spacial score (nSPS) is 36.2. The van der Waals surface area contributed by atoms with Crippen LogP contribution in [0.15, 0.2) is 18.2 Å². The zero-order chi connectivity index (χ0) is 15.4. The van der Waals surface area contributed by atoms with E-state index in [0.29, 0.717) is 5.41 Å². The molecule has 0 spiro atoms. The van der Waals surface area contributed by atoms with Crippen LogP contribution in [0.25, 0.3) is 0 Å². The summed E-state index contributed by atoms with van der Waals surface area (Å²) >= 11 is 0. The van der Waals surface area contributed by atoms with Gasteiger partial charge in [-0.25, -0.2) is 0 Å². The van der Waals surface area contributed by atoms with E-state index >= 15 is 0 Å². The van der Waals surface area contributed by atoms with Gasteiger partial charge in [0.15, 0.2) is 0 Å². The third kappa shape index (κ3) is 2.16. The maximum Gasteiger partial charge on any atom is 0.119 e. The first-order chi connectivity index (χ1) is 11.3. The third-order valence-corrected chi connectivity index (χ3v) is 7.07. The van der Waals surface area contributed by atoms with Gasteiger partial charge in [-0.15, -0.1) is 0 Å². The molecule has 2 bridgehead atoms. The number of ether oxygens (including phenoxy) is 1. The number of benzene rings is 1.